The maximum absolute atomic E-state index is 12.8. The molecular weight excluding hydrogens is 316 g/mol. The Balaban J connectivity index is 1.93. The van der Waals surface area contributed by atoms with Crippen LogP contribution in [0.25, 0.3) is 0 Å². The van der Waals surface area contributed by atoms with Crippen LogP contribution in [0.4, 0.5) is 5.69 Å². The summed E-state index contributed by atoms with van der Waals surface area (Å²) >= 11 is 1.50. The Morgan fingerprint density at radius 3 is 2.91 bits per heavy atom. The molecule has 0 N–H and O–H groups in total. The van der Waals surface area contributed by atoms with Crippen molar-refractivity contribution in [3.05, 3.63) is 40.3 Å². The van der Waals surface area contributed by atoms with Crippen molar-refractivity contribution < 1.29 is 19.1 Å². The van der Waals surface area contributed by atoms with Crippen LogP contribution in [-0.2, 0) is 20.9 Å². The van der Waals surface area contributed by atoms with Crippen LogP contribution in [0.2, 0.25) is 0 Å². The first-order valence-electron chi connectivity index (χ1n) is 7.13. The molecule has 1 atom stereocenters. The Kier molecular flexibility index (Phi) is 4.29. The van der Waals surface area contributed by atoms with E-state index in [9.17, 15) is 9.59 Å². The fourth-order valence-electron chi connectivity index (χ4n) is 2.42. The molecule has 0 aliphatic carbocycles. The predicted octanol–water partition coefficient (Wildman–Crippen LogP) is 2.31. The molecule has 0 fully saturated rings. The van der Waals surface area contributed by atoms with Crippen LogP contribution in [0.1, 0.15) is 17.0 Å². The van der Waals surface area contributed by atoms with Crippen LogP contribution >= 0.6 is 11.3 Å². The molecule has 0 spiro atoms. The first-order valence-corrected chi connectivity index (χ1v) is 8.01. The van der Waals surface area contributed by atoms with Gasteiger partial charge in [-0.15, -0.1) is 11.3 Å². The third kappa shape index (κ3) is 3.05. The van der Waals surface area contributed by atoms with Gasteiger partial charge in [-0.3, -0.25) is 9.59 Å². The number of para-hydroxylation sites is 2. The number of anilines is 1. The van der Waals surface area contributed by atoms with Crippen LogP contribution in [0.3, 0.4) is 0 Å². The number of fused-ring (bicyclic) bond motifs is 1. The van der Waals surface area contributed by atoms with Gasteiger partial charge in [0.2, 0.25) is 0 Å². The number of hydrogen-bond acceptors (Lipinski definition) is 6. The van der Waals surface area contributed by atoms with Crippen molar-refractivity contribution in [1.82, 2.24) is 4.98 Å². The standard InChI is InChI=1S/C16H16N2O4S/c1-10-14(23-9-17-10)8-18-11-5-3-4-6-12(11)22-13(16(18)20)7-15(19)21-2/h3-6,9,13H,7-8H2,1-2H3/t13-/m1/s1. The van der Waals surface area contributed by atoms with E-state index in [1.54, 1.807) is 16.5 Å². The van der Waals surface area contributed by atoms with Crippen molar-refractivity contribution in [2.75, 3.05) is 12.0 Å². The summed E-state index contributed by atoms with van der Waals surface area (Å²) < 4.78 is 10.3. The molecule has 1 aliphatic rings. The topological polar surface area (TPSA) is 68.7 Å². The van der Waals surface area contributed by atoms with Crippen molar-refractivity contribution in [2.24, 2.45) is 0 Å². The lowest BCUT2D eigenvalue weighted by atomic mass is 10.1. The molecule has 7 heteroatoms. The second-order valence-electron chi connectivity index (χ2n) is 5.14. The van der Waals surface area contributed by atoms with Crippen LogP contribution in [0.15, 0.2) is 29.8 Å². The highest BCUT2D eigenvalue weighted by Crippen LogP contribution is 2.36. The zero-order valence-corrected chi connectivity index (χ0v) is 13.6. The number of hydrogen-bond donors (Lipinski definition) is 0. The lowest BCUT2D eigenvalue weighted by Crippen LogP contribution is -2.46. The highest BCUT2D eigenvalue weighted by molar-refractivity contribution is 7.09. The van der Waals surface area contributed by atoms with E-state index in [1.165, 1.54) is 18.4 Å². The number of amides is 1. The molecule has 1 aromatic carbocycles. The average molecular weight is 332 g/mol. The number of carbonyl (C=O) groups excluding carboxylic acids is 2. The molecule has 0 radical (unpaired) electrons. The van der Waals surface area contributed by atoms with E-state index in [-0.39, 0.29) is 12.3 Å². The zero-order chi connectivity index (χ0) is 16.4. The summed E-state index contributed by atoms with van der Waals surface area (Å²) in [5.41, 5.74) is 3.36. The third-order valence-electron chi connectivity index (χ3n) is 3.69. The van der Waals surface area contributed by atoms with Crippen LogP contribution in [-0.4, -0.2) is 30.1 Å². The fourth-order valence-corrected chi connectivity index (χ4v) is 3.19. The molecule has 0 bridgehead atoms. The minimum Gasteiger partial charge on any atom is -0.478 e. The van der Waals surface area contributed by atoms with Gasteiger partial charge in [-0.25, -0.2) is 4.98 Å². The molecule has 3 rings (SSSR count). The number of aromatic nitrogens is 1. The monoisotopic (exact) mass is 332 g/mol. The number of rotatable bonds is 4. The second-order valence-corrected chi connectivity index (χ2v) is 6.08. The number of esters is 1. The highest BCUT2D eigenvalue weighted by Gasteiger charge is 2.36. The summed E-state index contributed by atoms with van der Waals surface area (Å²) in [5, 5.41) is 0. The van der Waals surface area contributed by atoms with Gasteiger partial charge in [0.25, 0.3) is 5.91 Å². The van der Waals surface area contributed by atoms with Crippen molar-refractivity contribution >= 4 is 28.9 Å². The second kappa shape index (κ2) is 6.37. The SMILES string of the molecule is COC(=O)C[C@H]1Oc2ccccc2N(Cc2scnc2C)C1=O. The maximum atomic E-state index is 12.8. The highest BCUT2D eigenvalue weighted by atomic mass is 32.1. The molecule has 1 amide bonds. The van der Waals surface area contributed by atoms with E-state index in [0.717, 1.165) is 10.6 Å². The van der Waals surface area contributed by atoms with Gasteiger partial charge in [0.15, 0.2) is 6.10 Å². The van der Waals surface area contributed by atoms with E-state index in [0.29, 0.717) is 18.0 Å². The number of thiazole rings is 1. The van der Waals surface area contributed by atoms with Crippen molar-refractivity contribution in [1.29, 1.82) is 0 Å². The summed E-state index contributed by atoms with van der Waals surface area (Å²) in [6, 6.07) is 7.30. The van der Waals surface area contributed by atoms with Gasteiger partial charge in [0.05, 0.1) is 37.0 Å². The van der Waals surface area contributed by atoms with Crippen molar-refractivity contribution in [3.63, 3.8) is 0 Å². The third-order valence-corrected chi connectivity index (χ3v) is 4.61. The molecule has 0 saturated carbocycles. The van der Waals surface area contributed by atoms with Gasteiger partial charge in [0.1, 0.15) is 5.75 Å². The Morgan fingerprint density at radius 1 is 1.43 bits per heavy atom. The van der Waals surface area contributed by atoms with Gasteiger partial charge < -0.3 is 14.4 Å². The molecule has 120 valence electrons. The number of benzene rings is 1. The molecule has 23 heavy (non-hydrogen) atoms. The normalized spacial score (nSPS) is 16.7. The molecule has 0 unspecified atom stereocenters. The van der Waals surface area contributed by atoms with E-state index >= 15 is 0 Å². The molecule has 0 saturated heterocycles. The largest absolute Gasteiger partial charge is 0.478 e. The summed E-state index contributed by atoms with van der Waals surface area (Å²) in [5.74, 6) is -0.137. The van der Waals surface area contributed by atoms with Crippen molar-refractivity contribution in [3.8, 4) is 5.75 Å². The van der Waals surface area contributed by atoms with E-state index in [2.05, 4.69) is 9.72 Å². The predicted molar refractivity (Wildman–Crippen MR) is 85.5 cm³/mol. The summed E-state index contributed by atoms with van der Waals surface area (Å²) in [6.45, 7) is 2.32. The summed E-state index contributed by atoms with van der Waals surface area (Å²) in [7, 11) is 1.29. The molecular formula is C16H16N2O4S. The molecule has 6 nitrogen and oxygen atoms in total. The molecule has 1 aliphatic heterocycles. The maximum Gasteiger partial charge on any atom is 0.309 e. The number of methoxy groups -OCH3 is 1. The summed E-state index contributed by atoms with van der Waals surface area (Å²) in [4.78, 5) is 31.2. The minimum atomic E-state index is -0.870. The lowest BCUT2D eigenvalue weighted by Gasteiger charge is -2.33. The molecule has 2 heterocycles. The van der Waals surface area contributed by atoms with E-state index in [4.69, 9.17) is 4.74 Å². The quantitative estimate of drug-likeness (QED) is 0.804. The number of aryl methyl sites for hydroxylation is 1. The van der Waals surface area contributed by atoms with Gasteiger partial charge in [-0.05, 0) is 19.1 Å². The van der Waals surface area contributed by atoms with Gasteiger partial charge in [0, 0.05) is 4.88 Å². The van der Waals surface area contributed by atoms with E-state index < -0.39 is 12.1 Å². The zero-order valence-electron chi connectivity index (χ0n) is 12.8. The van der Waals surface area contributed by atoms with Gasteiger partial charge in [-0.2, -0.15) is 0 Å². The fraction of sp³-hybridized carbons (Fsp3) is 0.312. The smallest absolute Gasteiger partial charge is 0.309 e. The number of ether oxygens (including phenoxy) is 2. The van der Waals surface area contributed by atoms with Gasteiger partial charge in [-0.1, -0.05) is 12.1 Å². The Labute approximate surface area is 137 Å². The lowest BCUT2D eigenvalue weighted by molar-refractivity contribution is -0.145. The first-order chi connectivity index (χ1) is 11.1. The average Bonchev–Trinajstić information content (AvgIpc) is 2.96. The minimum absolute atomic E-state index is 0.109. The van der Waals surface area contributed by atoms with Crippen LogP contribution < -0.4 is 9.64 Å². The number of nitrogens with zero attached hydrogens (tertiary/aromatic N) is 2. The Morgan fingerprint density at radius 2 is 2.22 bits per heavy atom. The molecule has 2 aromatic rings. The van der Waals surface area contributed by atoms with Gasteiger partial charge >= 0.3 is 5.97 Å². The molecule has 1 aromatic heterocycles. The van der Waals surface area contributed by atoms with Crippen molar-refractivity contribution in [2.45, 2.75) is 26.0 Å². The summed E-state index contributed by atoms with van der Waals surface area (Å²) in [6.07, 6.45) is -0.979. The first kappa shape index (κ1) is 15.5. The van der Waals surface area contributed by atoms with Crippen LogP contribution in [0, 0.1) is 6.92 Å². The Hall–Kier alpha value is -2.41. The Bertz CT molecular complexity index is 743. The van der Waals surface area contributed by atoms with Crippen LogP contribution in [0.5, 0.6) is 5.75 Å². The van der Waals surface area contributed by atoms with E-state index in [1.807, 2.05) is 25.1 Å². The number of carbonyl (C=O) groups is 2.